The van der Waals surface area contributed by atoms with Gasteiger partial charge in [-0.05, 0) is 37.1 Å². The van der Waals surface area contributed by atoms with Crippen molar-refractivity contribution in [3.8, 4) is 0 Å². The van der Waals surface area contributed by atoms with Crippen LogP contribution in [0, 0.1) is 25.1 Å². The van der Waals surface area contributed by atoms with Gasteiger partial charge in [-0.1, -0.05) is 0 Å². The van der Waals surface area contributed by atoms with Gasteiger partial charge in [0.25, 0.3) is 0 Å². The average molecular weight is 181 g/mol. The summed E-state index contributed by atoms with van der Waals surface area (Å²) in [5, 5.41) is 9.61. The number of rotatable bonds is 1. The van der Waals surface area contributed by atoms with Crippen molar-refractivity contribution in [2.45, 2.75) is 13.8 Å². The molecule has 0 saturated heterocycles. The summed E-state index contributed by atoms with van der Waals surface area (Å²) in [5.74, 6) is -0.362. The number of aryl methyl sites for hydroxylation is 2. The second-order valence-corrected chi connectivity index (χ2v) is 2.96. The van der Waals surface area contributed by atoms with E-state index in [0.717, 1.165) is 0 Å². The number of hydrogen-bond acceptors (Lipinski definition) is 1. The summed E-state index contributed by atoms with van der Waals surface area (Å²) in [5.41, 5.74) is 6.87. The maximum atomic E-state index is 13.1. The lowest BCUT2D eigenvalue weighted by molar-refractivity contribution is 0.609. The van der Waals surface area contributed by atoms with E-state index in [4.69, 9.17) is 11.1 Å². The minimum Gasteiger partial charge on any atom is -0.370 e. The molecule has 4 heteroatoms. The Hall–Kier alpha value is -1.58. The quantitative estimate of drug-likeness (QED) is 0.456. The lowest BCUT2D eigenvalue weighted by Gasteiger charge is -2.07. The molecule has 0 heterocycles. The van der Waals surface area contributed by atoms with Crippen LogP contribution in [-0.4, -0.2) is 5.96 Å². The van der Waals surface area contributed by atoms with E-state index in [2.05, 4.69) is 5.32 Å². The number of nitrogens with one attached hydrogen (secondary N) is 2. The first kappa shape index (κ1) is 9.51. The van der Waals surface area contributed by atoms with E-state index in [9.17, 15) is 4.39 Å². The Bertz CT molecular complexity index is 324. The zero-order chi connectivity index (χ0) is 10.0. The maximum absolute atomic E-state index is 13.1. The number of benzene rings is 1. The van der Waals surface area contributed by atoms with Crippen LogP contribution in [0.25, 0.3) is 0 Å². The van der Waals surface area contributed by atoms with Crippen molar-refractivity contribution in [3.63, 3.8) is 0 Å². The van der Waals surface area contributed by atoms with E-state index in [1.54, 1.807) is 26.0 Å². The van der Waals surface area contributed by atoms with Gasteiger partial charge in [-0.15, -0.1) is 0 Å². The number of anilines is 1. The van der Waals surface area contributed by atoms with Crippen LogP contribution in [0.15, 0.2) is 12.1 Å². The summed E-state index contributed by atoms with van der Waals surface area (Å²) in [6.07, 6.45) is 0. The Morgan fingerprint density at radius 2 is 1.85 bits per heavy atom. The Labute approximate surface area is 76.3 Å². The standard InChI is InChI=1S/C9H12FN3/c1-5-3-7(13-9(11)12)4-6(2)8(5)10/h3-4H,1-2H3,(H4,11,12,13). The van der Waals surface area contributed by atoms with Gasteiger partial charge in [-0.3, -0.25) is 5.41 Å². The number of hydrogen-bond donors (Lipinski definition) is 3. The minimum absolute atomic E-state index is 0.148. The second kappa shape index (κ2) is 3.43. The van der Waals surface area contributed by atoms with Crippen molar-refractivity contribution >= 4 is 11.6 Å². The third kappa shape index (κ3) is 2.18. The molecule has 0 spiro atoms. The molecule has 0 bridgehead atoms. The van der Waals surface area contributed by atoms with E-state index >= 15 is 0 Å². The van der Waals surface area contributed by atoms with E-state index < -0.39 is 0 Å². The van der Waals surface area contributed by atoms with Crippen molar-refractivity contribution in [2.24, 2.45) is 5.73 Å². The van der Waals surface area contributed by atoms with Gasteiger partial charge in [-0.25, -0.2) is 4.39 Å². The van der Waals surface area contributed by atoms with Crippen LogP contribution < -0.4 is 11.1 Å². The minimum atomic E-state index is -0.214. The van der Waals surface area contributed by atoms with Gasteiger partial charge >= 0.3 is 0 Å². The van der Waals surface area contributed by atoms with Gasteiger partial charge in [0, 0.05) is 5.69 Å². The van der Waals surface area contributed by atoms with E-state index in [-0.39, 0.29) is 11.8 Å². The fraction of sp³-hybridized carbons (Fsp3) is 0.222. The zero-order valence-corrected chi connectivity index (χ0v) is 7.61. The molecule has 13 heavy (non-hydrogen) atoms. The van der Waals surface area contributed by atoms with Gasteiger partial charge in [0.2, 0.25) is 0 Å². The highest BCUT2D eigenvalue weighted by Crippen LogP contribution is 2.17. The monoisotopic (exact) mass is 181 g/mol. The topological polar surface area (TPSA) is 61.9 Å². The number of nitrogens with two attached hydrogens (primary N) is 1. The summed E-state index contributed by atoms with van der Waals surface area (Å²) in [6, 6.07) is 3.23. The molecule has 1 rings (SSSR count). The molecule has 0 unspecified atom stereocenters. The zero-order valence-electron chi connectivity index (χ0n) is 7.61. The fourth-order valence-corrected chi connectivity index (χ4v) is 1.17. The highest BCUT2D eigenvalue weighted by molar-refractivity contribution is 5.89. The molecule has 70 valence electrons. The Kier molecular flexibility index (Phi) is 2.51. The third-order valence-electron chi connectivity index (χ3n) is 1.72. The SMILES string of the molecule is Cc1cc(NC(=N)N)cc(C)c1F. The molecule has 0 aliphatic rings. The van der Waals surface area contributed by atoms with E-state index in [0.29, 0.717) is 16.8 Å². The largest absolute Gasteiger partial charge is 0.370 e. The molecule has 0 saturated carbocycles. The van der Waals surface area contributed by atoms with Crippen LogP contribution in [0.1, 0.15) is 11.1 Å². The molecular formula is C9H12FN3. The molecule has 0 atom stereocenters. The van der Waals surface area contributed by atoms with Gasteiger partial charge in [0.15, 0.2) is 5.96 Å². The predicted octanol–water partition coefficient (Wildman–Crippen LogP) is 1.75. The predicted molar refractivity (Wildman–Crippen MR) is 51.4 cm³/mol. The van der Waals surface area contributed by atoms with E-state index in [1.807, 2.05) is 0 Å². The normalized spacial score (nSPS) is 9.77. The number of guanidine groups is 1. The maximum Gasteiger partial charge on any atom is 0.190 e. The van der Waals surface area contributed by atoms with Crippen molar-refractivity contribution in [1.82, 2.24) is 0 Å². The van der Waals surface area contributed by atoms with Crippen LogP contribution >= 0.6 is 0 Å². The molecule has 0 amide bonds. The smallest absolute Gasteiger partial charge is 0.190 e. The van der Waals surface area contributed by atoms with Gasteiger partial charge < -0.3 is 11.1 Å². The lowest BCUT2D eigenvalue weighted by atomic mass is 10.1. The van der Waals surface area contributed by atoms with Gasteiger partial charge in [0.1, 0.15) is 5.82 Å². The van der Waals surface area contributed by atoms with Crippen LogP contribution in [0.3, 0.4) is 0 Å². The van der Waals surface area contributed by atoms with Crippen LogP contribution in [0.5, 0.6) is 0 Å². The van der Waals surface area contributed by atoms with Crippen molar-refractivity contribution in [2.75, 3.05) is 5.32 Å². The molecule has 4 N–H and O–H groups in total. The second-order valence-electron chi connectivity index (χ2n) is 2.96. The molecule has 1 aromatic rings. The van der Waals surface area contributed by atoms with Crippen molar-refractivity contribution in [1.29, 1.82) is 5.41 Å². The first-order chi connectivity index (χ1) is 6.00. The van der Waals surface area contributed by atoms with Crippen molar-refractivity contribution < 1.29 is 4.39 Å². The highest BCUT2D eigenvalue weighted by Gasteiger charge is 2.03. The van der Waals surface area contributed by atoms with Crippen molar-refractivity contribution in [3.05, 3.63) is 29.1 Å². The summed E-state index contributed by atoms with van der Waals surface area (Å²) < 4.78 is 13.1. The molecule has 0 aliphatic carbocycles. The van der Waals surface area contributed by atoms with Gasteiger partial charge in [0.05, 0.1) is 0 Å². The Morgan fingerprint density at radius 1 is 1.38 bits per heavy atom. The summed E-state index contributed by atoms with van der Waals surface area (Å²) in [6.45, 7) is 3.35. The van der Waals surface area contributed by atoms with E-state index in [1.165, 1.54) is 0 Å². The average Bonchev–Trinajstić information content (AvgIpc) is 1.98. The van der Waals surface area contributed by atoms with Gasteiger partial charge in [-0.2, -0.15) is 0 Å². The van der Waals surface area contributed by atoms with Crippen LogP contribution in [-0.2, 0) is 0 Å². The summed E-state index contributed by atoms with van der Waals surface area (Å²) >= 11 is 0. The molecule has 0 aromatic heterocycles. The molecule has 0 aliphatic heterocycles. The van der Waals surface area contributed by atoms with Crippen LogP contribution in [0.2, 0.25) is 0 Å². The molecule has 1 aromatic carbocycles. The van der Waals surface area contributed by atoms with Crippen LogP contribution in [0.4, 0.5) is 10.1 Å². The third-order valence-corrected chi connectivity index (χ3v) is 1.72. The summed E-state index contributed by atoms with van der Waals surface area (Å²) in [7, 11) is 0. The molecular weight excluding hydrogens is 169 g/mol. The Morgan fingerprint density at radius 3 is 2.23 bits per heavy atom. The molecule has 0 fully saturated rings. The Balaban J connectivity index is 3.06. The fourth-order valence-electron chi connectivity index (χ4n) is 1.17. The molecule has 3 nitrogen and oxygen atoms in total. The highest BCUT2D eigenvalue weighted by atomic mass is 19.1. The summed E-state index contributed by atoms with van der Waals surface area (Å²) in [4.78, 5) is 0. The number of halogens is 1. The first-order valence-corrected chi connectivity index (χ1v) is 3.88. The lowest BCUT2D eigenvalue weighted by Crippen LogP contribution is -2.20. The molecule has 0 radical (unpaired) electrons. The first-order valence-electron chi connectivity index (χ1n) is 3.88.